The van der Waals surface area contributed by atoms with Crippen LogP contribution in [0.3, 0.4) is 0 Å². The maximum Gasteiger partial charge on any atom is 0.256 e. The number of hydrogen-bond donors (Lipinski definition) is 1. The Hall–Kier alpha value is -2.37. The van der Waals surface area contributed by atoms with Crippen molar-refractivity contribution < 1.29 is 0 Å². The molecule has 0 amide bonds. The number of H-pyrrole nitrogens is 1. The van der Waals surface area contributed by atoms with E-state index in [0.717, 1.165) is 48.5 Å². The van der Waals surface area contributed by atoms with Gasteiger partial charge in [-0.25, -0.2) is 4.98 Å². The molecule has 0 radical (unpaired) electrons. The fraction of sp³-hybridized carbons (Fsp3) is 0.300. The Morgan fingerprint density at radius 1 is 1.12 bits per heavy atom. The van der Waals surface area contributed by atoms with E-state index in [4.69, 9.17) is 11.6 Å². The maximum atomic E-state index is 12.4. The van der Waals surface area contributed by atoms with Crippen LogP contribution in [0.2, 0.25) is 5.02 Å². The van der Waals surface area contributed by atoms with Gasteiger partial charge in [-0.3, -0.25) is 4.79 Å². The second-order valence-corrected chi connectivity index (χ2v) is 7.27. The molecule has 0 aliphatic carbocycles. The van der Waals surface area contributed by atoms with E-state index in [0.29, 0.717) is 16.1 Å². The van der Waals surface area contributed by atoms with Crippen LogP contribution in [0.4, 0.5) is 5.82 Å². The Kier molecular flexibility index (Phi) is 4.42. The summed E-state index contributed by atoms with van der Waals surface area (Å²) in [4.78, 5) is 24.5. The average Bonchev–Trinajstić information content (AvgIpc) is 2.63. The van der Waals surface area contributed by atoms with E-state index in [-0.39, 0.29) is 5.56 Å². The highest BCUT2D eigenvalue weighted by Gasteiger charge is 2.17. The molecule has 1 N–H and O–H groups in total. The highest BCUT2D eigenvalue weighted by atomic mass is 35.5. The zero-order valence-corrected chi connectivity index (χ0v) is 15.7. The largest absolute Gasteiger partial charge is 0.354 e. The SMILES string of the molecule is Cc1cccc2c(=O)[nH]c(-c3cnc(N4CCN(C)CC4)cc3Cl)cc12. The molecule has 0 spiro atoms. The van der Waals surface area contributed by atoms with Gasteiger partial charge in [-0.05, 0) is 43.1 Å². The molecule has 0 unspecified atom stereocenters. The monoisotopic (exact) mass is 368 g/mol. The number of nitrogens with one attached hydrogen (secondary N) is 1. The summed E-state index contributed by atoms with van der Waals surface area (Å²) in [5, 5.41) is 2.22. The van der Waals surface area contributed by atoms with Gasteiger partial charge in [-0.1, -0.05) is 23.7 Å². The normalized spacial score (nSPS) is 15.6. The van der Waals surface area contributed by atoms with Gasteiger partial charge in [-0.2, -0.15) is 0 Å². The predicted octanol–water partition coefficient (Wildman–Crippen LogP) is 3.30. The first-order chi connectivity index (χ1) is 12.5. The van der Waals surface area contributed by atoms with Gasteiger partial charge >= 0.3 is 0 Å². The third kappa shape index (κ3) is 3.08. The smallest absolute Gasteiger partial charge is 0.256 e. The van der Waals surface area contributed by atoms with E-state index in [1.54, 1.807) is 6.20 Å². The molecular weight excluding hydrogens is 348 g/mol. The Bertz CT molecular complexity index is 1020. The molecule has 134 valence electrons. The lowest BCUT2D eigenvalue weighted by Crippen LogP contribution is -2.44. The molecule has 2 aromatic heterocycles. The molecule has 1 saturated heterocycles. The van der Waals surface area contributed by atoms with Crippen molar-refractivity contribution in [3.8, 4) is 11.3 Å². The van der Waals surface area contributed by atoms with Gasteiger partial charge in [0.1, 0.15) is 5.82 Å². The summed E-state index contributed by atoms with van der Waals surface area (Å²) in [5.41, 5.74) is 2.39. The lowest BCUT2D eigenvalue weighted by Gasteiger charge is -2.33. The number of pyridine rings is 2. The summed E-state index contributed by atoms with van der Waals surface area (Å²) in [6.07, 6.45) is 1.76. The summed E-state index contributed by atoms with van der Waals surface area (Å²) in [7, 11) is 2.12. The van der Waals surface area contributed by atoms with Crippen molar-refractivity contribution in [3.63, 3.8) is 0 Å². The Morgan fingerprint density at radius 3 is 2.62 bits per heavy atom. The van der Waals surface area contributed by atoms with Gasteiger partial charge in [0.25, 0.3) is 5.56 Å². The zero-order chi connectivity index (χ0) is 18.3. The number of hydrogen-bond acceptors (Lipinski definition) is 4. The number of piperazine rings is 1. The Labute approximate surface area is 157 Å². The molecule has 5 nitrogen and oxygen atoms in total. The molecular formula is C20H21ClN4O. The standard InChI is InChI=1S/C20H21ClN4O/c1-13-4-3-5-14-15(13)10-18(23-20(14)26)16-12-22-19(11-17(16)21)25-8-6-24(2)7-9-25/h3-5,10-12H,6-9H2,1-2H3,(H,23,26). The fourth-order valence-corrected chi connectivity index (χ4v) is 3.66. The highest BCUT2D eigenvalue weighted by molar-refractivity contribution is 6.33. The summed E-state index contributed by atoms with van der Waals surface area (Å²) >= 11 is 6.56. The van der Waals surface area contributed by atoms with Crippen LogP contribution in [-0.2, 0) is 0 Å². The predicted molar refractivity (Wildman–Crippen MR) is 107 cm³/mol. The van der Waals surface area contributed by atoms with Crippen molar-refractivity contribution in [2.75, 3.05) is 38.1 Å². The van der Waals surface area contributed by atoms with Gasteiger partial charge in [0.15, 0.2) is 0 Å². The number of nitrogens with zero attached hydrogens (tertiary/aromatic N) is 3. The minimum atomic E-state index is -0.111. The van der Waals surface area contributed by atoms with Gasteiger partial charge in [0.05, 0.1) is 10.7 Å². The summed E-state index contributed by atoms with van der Waals surface area (Å²) < 4.78 is 0. The van der Waals surface area contributed by atoms with Gasteiger partial charge in [0.2, 0.25) is 0 Å². The summed E-state index contributed by atoms with van der Waals surface area (Å²) in [5.74, 6) is 0.881. The molecule has 26 heavy (non-hydrogen) atoms. The number of halogens is 1. The van der Waals surface area contributed by atoms with Gasteiger partial charge in [0, 0.05) is 43.3 Å². The number of fused-ring (bicyclic) bond motifs is 1. The molecule has 1 fully saturated rings. The number of likely N-dealkylation sites (N-methyl/N-ethyl adjacent to an activating group) is 1. The number of rotatable bonds is 2. The molecule has 0 atom stereocenters. The van der Waals surface area contributed by atoms with Crippen molar-refractivity contribution in [1.29, 1.82) is 0 Å². The van der Waals surface area contributed by atoms with Crippen molar-refractivity contribution in [1.82, 2.24) is 14.9 Å². The average molecular weight is 369 g/mol. The van der Waals surface area contributed by atoms with Crippen molar-refractivity contribution in [3.05, 3.63) is 57.5 Å². The number of aryl methyl sites for hydroxylation is 1. The van der Waals surface area contributed by atoms with Crippen LogP contribution in [-0.4, -0.2) is 48.1 Å². The van der Waals surface area contributed by atoms with E-state index >= 15 is 0 Å². The lowest BCUT2D eigenvalue weighted by molar-refractivity contribution is 0.312. The number of aromatic amines is 1. The molecule has 0 saturated carbocycles. The van der Waals surface area contributed by atoms with Crippen LogP contribution in [0.1, 0.15) is 5.56 Å². The third-order valence-electron chi connectivity index (χ3n) is 5.06. The molecule has 3 aromatic rings. The minimum Gasteiger partial charge on any atom is -0.354 e. The lowest BCUT2D eigenvalue weighted by atomic mass is 10.0. The maximum absolute atomic E-state index is 12.4. The van der Waals surface area contributed by atoms with E-state index in [1.165, 1.54) is 0 Å². The summed E-state index contributed by atoms with van der Waals surface area (Å²) in [6.45, 7) is 5.90. The molecule has 0 bridgehead atoms. The van der Waals surface area contributed by atoms with Crippen LogP contribution < -0.4 is 10.5 Å². The number of aromatic nitrogens is 2. The van der Waals surface area contributed by atoms with E-state index in [9.17, 15) is 4.79 Å². The second-order valence-electron chi connectivity index (χ2n) is 6.86. The quantitative estimate of drug-likeness (QED) is 0.754. The minimum absolute atomic E-state index is 0.111. The van der Waals surface area contributed by atoms with Crippen LogP contribution in [0.5, 0.6) is 0 Å². The summed E-state index contributed by atoms with van der Waals surface area (Å²) in [6, 6.07) is 9.60. The van der Waals surface area contributed by atoms with Gasteiger partial charge < -0.3 is 14.8 Å². The zero-order valence-electron chi connectivity index (χ0n) is 14.9. The van der Waals surface area contributed by atoms with Crippen LogP contribution in [0, 0.1) is 6.92 Å². The molecule has 1 aliphatic heterocycles. The van der Waals surface area contributed by atoms with E-state index in [1.807, 2.05) is 37.3 Å². The van der Waals surface area contributed by atoms with Crippen LogP contribution in [0.15, 0.2) is 41.3 Å². The number of anilines is 1. The Balaban J connectivity index is 1.73. The fourth-order valence-electron chi connectivity index (χ4n) is 3.41. The van der Waals surface area contributed by atoms with Gasteiger partial charge in [-0.15, -0.1) is 0 Å². The highest BCUT2D eigenvalue weighted by Crippen LogP contribution is 2.30. The van der Waals surface area contributed by atoms with Crippen molar-refractivity contribution >= 4 is 28.2 Å². The number of benzene rings is 1. The first kappa shape index (κ1) is 17.1. The van der Waals surface area contributed by atoms with Crippen molar-refractivity contribution in [2.24, 2.45) is 0 Å². The second kappa shape index (κ2) is 6.74. The topological polar surface area (TPSA) is 52.2 Å². The van der Waals surface area contributed by atoms with E-state index in [2.05, 4.69) is 26.8 Å². The molecule has 6 heteroatoms. The molecule has 3 heterocycles. The molecule has 1 aromatic carbocycles. The molecule has 4 rings (SSSR count). The van der Waals surface area contributed by atoms with Crippen LogP contribution >= 0.6 is 11.6 Å². The third-order valence-corrected chi connectivity index (χ3v) is 5.37. The van der Waals surface area contributed by atoms with E-state index < -0.39 is 0 Å². The Morgan fingerprint density at radius 2 is 1.88 bits per heavy atom. The molecule has 1 aliphatic rings. The van der Waals surface area contributed by atoms with Crippen molar-refractivity contribution in [2.45, 2.75) is 6.92 Å². The first-order valence-electron chi connectivity index (χ1n) is 8.75. The van der Waals surface area contributed by atoms with Crippen LogP contribution in [0.25, 0.3) is 22.0 Å². The first-order valence-corrected chi connectivity index (χ1v) is 9.13.